The fourth-order valence-corrected chi connectivity index (χ4v) is 2.93. The third-order valence-electron chi connectivity index (χ3n) is 3.38. The van der Waals surface area contributed by atoms with E-state index in [0.717, 1.165) is 0 Å². The normalized spacial score (nSPS) is 13.8. The lowest BCUT2D eigenvalue weighted by atomic mass is 10.1. The molecule has 1 N–H and O–H groups in total. The van der Waals surface area contributed by atoms with E-state index in [9.17, 15) is 14.7 Å². The Kier molecular flexibility index (Phi) is 5.46. The Labute approximate surface area is 147 Å². The molecule has 0 atom stereocenters. The number of halogens is 1. The number of anilines is 1. The number of aromatic hydroxyl groups is 1. The summed E-state index contributed by atoms with van der Waals surface area (Å²) in [5.41, 5.74) is 1.03. The highest BCUT2D eigenvalue weighted by Gasteiger charge is 2.29. The number of hydrogen-bond acceptors (Lipinski definition) is 6. The van der Waals surface area contributed by atoms with Gasteiger partial charge < -0.3 is 19.5 Å². The molecule has 0 bridgehead atoms. The predicted molar refractivity (Wildman–Crippen MR) is 92.4 cm³/mol. The Morgan fingerprint density at radius 2 is 1.79 bits per heavy atom. The molecule has 0 radical (unpaired) electrons. The number of nitrogens with zero attached hydrogens (tertiary/aromatic N) is 1. The number of carbonyl (C=O) groups excluding carboxylic acids is 2. The van der Waals surface area contributed by atoms with Crippen LogP contribution in [-0.4, -0.2) is 31.3 Å². The van der Waals surface area contributed by atoms with Crippen LogP contribution in [-0.2, 0) is 19.1 Å². The van der Waals surface area contributed by atoms with Crippen LogP contribution in [0.3, 0.4) is 0 Å². The van der Waals surface area contributed by atoms with E-state index in [1.54, 1.807) is 31.3 Å². The molecule has 6 nitrogen and oxygen atoms in total. The second-order valence-corrected chi connectivity index (χ2v) is 5.82. The number of methoxy groups -OCH3 is 2. The first-order chi connectivity index (χ1) is 11.4. The van der Waals surface area contributed by atoms with Gasteiger partial charge in [0, 0.05) is 10.7 Å². The van der Waals surface area contributed by atoms with Crippen molar-refractivity contribution in [2.75, 3.05) is 19.1 Å². The molecule has 126 valence electrons. The van der Waals surface area contributed by atoms with E-state index < -0.39 is 11.9 Å². The van der Waals surface area contributed by atoms with Gasteiger partial charge in [0.05, 0.1) is 25.5 Å². The molecule has 0 spiro atoms. The van der Waals surface area contributed by atoms with Crippen molar-refractivity contribution in [2.24, 2.45) is 0 Å². The van der Waals surface area contributed by atoms with Gasteiger partial charge in [0.25, 0.3) is 0 Å². The second-order valence-electron chi connectivity index (χ2n) is 4.91. The largest absolute Gasteiger partial charge is 0.506 e. The molecule has 1 heterocycles. The number of rotatable bonds is 3. The van der Waals surface area contributed by atoms with Crippen LogP contribution in [0.25, 0.3) is 0 Å². The lowest BCUT2D eigenvalue weighted by Gasteiger charge is -2.25. The molecule has 0 unspecified atom stereocenters. The average Bonchev–Trinajstić information content (AvgIpc) is 2.75. The fourth-order valence-electron chi connectivity index (χ4n) is 2.37. The zero-order valence-corrected chi connectivity index (χ0v) is 15.0. The van der Waals surface area contributed by atoms with Crippen molar-refractivity contribution in [1.82, 2.24) is 0 Å². The third-order valence-corrected chi connectivity index (χ3v) is 3.83. The molecule has 0 amide bonds. The average molecular weight is 394 g/mol. The van der Waals surface area contributed by atoms with Gasteiger partial charge in [-0.25, -0.2) is 9.59 Å². The summed E-state index contributed by atoms with van der Waals surface area (Å²) in [5.74, 6) is -1.47. The Morgan fingerprint density at radius 3 is 2.38 bits per heavy atom. The topological polar surface area (TPSA) is 76.1 Å². The molecule has 24 heavy (non-hydrogen) atoms. The maximum atomic E-state index is 12.3. The van der Waals surface area contributed by atoms with Crippen LogP contribution in [0.4, 0.5) is 5.69 Å². The van der Waals surface area contributed by atoms with Gasteiger partial charge in [-0.15, -0.1) is 0 Å². The van der Waals surface area contributed by atoms with Crippen LogP contribution in [0.5, 0.6) is 5.75 Å². The number of aryl methyl sites for hydroxylation is 1. The van der Waals surface area contributed by atoms with Crippen molar-refractivity contribution in [1.29, 1.82) is 0 Å². The van der Waals surface area contributed by atoms with Gasteiger partial charge in [0.2, 0.25) is 0 Å². The van der Waals surface area contributed by atoms with Gasteiger partial charge >= 0.3 is 11.9 Å². The second kappa shape index (κ2) is 7.35. The number of phenols is 1. The summed E-state index contributed by atoms with van der Waals surface area (Å²) < 4.78 is 10.3. The Hall–Kier alpha value is -2.54. The number of hydrogen-bond donors (Lipinski definition) is 1. The molecule has 0 saturated carbocycles. The first-order valence-corrected chi connectivity index (χ1v) is 7.74. The number of carbonyl (C=O) groups is 2. The maximum absolute atomic E-state index is 12.3. The van der Waals surface area contributed by atoms with E-state index in [-0.39, 0.29) is 17.0 Å². The third kappa shape index (κ3) is 3.35. The van der Waals surface area contributed by atoms with Crippen molar-refractivity contribution < 1.29 is 24.2 Å². The first kappa shape index (κ1) is 17.8. The van der Waals surface area contributed by atoms with Crippen LogP contribution >= 0.6 is 15.9 Å². The van der Waals surface area contributed by atoms with Crippen molar-refractivity contribution in [3.8, 4) is 5.75 Å². The van der Waals surface area contributed by atoms with E-state index in [1.807, 2.05) is 0 Å². The SMILES string of the molecule is COC(=O)C1=C(C(=O)OC)N(c2c(C)cc(Br)cc2O)C=CC=C1. The molecular formula is C17H16BrNO5. The van der Waals surface area contributed by atoms with Gasteiger partial charge in [-0.3, -0.25) is 0 Å². The minimum atomic E-state index is -0.728. The van der Waals surface area contributed by atoms with E-state index in [0.29, 0.717) is 15.7 Å². The minimum Gasteiger partial charge on any atom is -0.506 e. The zero-order chi connectivity index (χ0) is 17.9. The lowest BCUT2D eigenvalue weighted by Crippen LogP contribution is -2.27. The van der Waals surface area contributed by atoms with Crippen LogP contribution in [0, 0.1) is 6.92 Å². The Balaban J connectivity index is 2.75. The molecule has 1 aromatic carbocycles. The smallest absolute Gasteiger partial charge is 0.355 e. The van der Waals surface area contributed by atoms with E-state index in [1.165, 1.54) is 31.3 Å². The molecule has 0 aromatic heterocycles. The monoisotopic (exact) mass is 393 g/mol. The summed E-state index contributed by atoms with van der Waals surface area (Å²) in [6.07, 6.45) is 6.26. The summed E-state index contributed by atoms with van der Waals surface area (Å²) in [7, 11) is 2.44. The van der Waals surface area contributed by atoms with Gasteiger partial charge in [-0.2, -0.15) is 0 Å². The lowest BCUT2D eigenvalue weighted by molar-refractivity contribution is -0.139. The van der Waals surface area contributed by atoms with E-state index in [2.05, 4.69) is 15.9 Å². The summed E-state index contributed by atoms with van der Waals surface area (Å²) in [4.78, 5) is 25.8. The fraction of sp³-hybridized carbons (Fsp3) is 0.176. The molecule has 0 fully saturated rings. The number of allylic oxidation sites excluding steroid dienone is 2. The van der Waals surface area contributed by atoms with Crippen molar-refractivity contribution >= 4 is 33.6 Å². The van der Waals surface area contributed by atoms with Crippen LogP contribution in [0.1, 0.15) is 5.56 Å². The van der Waals surface area contributed by atoms with Crippen molar-refractivity contribution in [3.63, 3.8) is 0 Å². The molecule has 0 saturated heterocycles. The van der Waals surface area contributed by atoms with Gasteiger partial charge in [0.1, 0.15) is 11.4 Å². The summed E-state index contributed by atoms with van der Waals surface area (Å²) in [6, 6.07) is 3.29. The molecule has 1 aromatic rings. The Bertz CT molecular complexity index is 756. The number of esters is 2. The maximum Gasteiger partial charge on any atom is 0.355 e. The Morgan fingerprint density at radius 1 is 1.12 bits per heavy atom. The highest BCUT2D eigenvalue weighted by atomic mass is 79.9. The summed E-state index contributed by atoms with van der Waals surface area (Å²) in [6.45, 7) is 1.78. The quantitative estimate of drug-likeness (QED) is 0.795. The number of phenolic OH excluding ortho intramolecular Hbond substituents is 1. The highest BCUT2D eigenvalue weighted by molar-refractivity contribution is 9.10. The molecular weight excluding hydrogens is 378 g/mol. The molecule has 2 rings (SSSR count). The summed E-state index contributed by atoms with van der Waals surface area (Å²) >= 11 is 3.30. The van der Waals surface area contributed by atoms with Gasteiger partial charge in [-0.1, -0.05) is 22.0 Å². The summed E-state index contributed by atoms with van der Waals surface area (Å²) in [5, 5.41) is 10.4. The number of benzene rings is 1. The predicted octanol–water partition coefficient (Wildman–Crippen LogP) is 2.95. The molecule has 0 aliphatic carbocycles. The van der Waals surface area contributed by atoms with Gasteiger partial charge in [0.15, 0.2) is 0 Å². The molecule has 1 aliphatic rings. The van der Waals surface area contributed by atoms with Crippen LogP contribution < -0.4 is 4.90 Å². The minimum absolute atomic E-state index is 0.0241. The van der Waals surface area contributed by atoms with Crippen molar-refractivity contribution in [3.05, 3.63) is 57.9 Å². The van der Waals surface area contributed by atoms with Crippen LogP contribution in [0.15, 0.2) is 52.3 Å². The van der Waals surface area contributed by atoms with Crippen molar-refractivity contribution in [2.45, 2.75) is 6.92 Å². The molecule has 1 aliphatic heterocycles. The highest BCUT2D eigenvalue weighted by Crippen LogP contribution is 2.38. The van der Waals surface area contributed by atoms with E-state index >= 15 is 0 Å². The first-order valence-electron chi connectivity index (χ1n) is 6.94. The number of ether oxygens (including phenoxy) is 2. The standard InChI is InChI=1S/C17H16BrNO5/c1-10-8-11(18)9-13(20)14(10)19-7-5-4-6-12(16(21)23-2)15(19)17(22)24-3/h4-9,20H,1-3H3. The van der Waals surface area contributed by atoms with Crippen LogP contribution in [0.2, 0.25) is 0 Å². The molecule has 7 heteroatoms. The van der Waals surface area contributed by atoms with E-state index in [4.69, 9.17) is 9.47 Å². The zero-order valence-electron chi connectivity index (χ0n) is 13.4. The van der Waals surface area contributed by atoms with Gasteiger partial charge in [-0.05, 0) is 36.8 Å².